The number of allylic oxidation sites excluding steroid dienone is 1. The zero-order chi connectivity index (χ0) is 16.7. The molecule has 4 N–H and O–H groups in total. The van der Waals surface area contributed by atoms with Crippen molar-refractivity contribution in [2.24, 2.45) is 11.7 Å². The molecule has 3 heterocycles. The molecule has 24 heavy (non-hydrogen) atoms. The number of carbonyl (C=O) groups excluding carboxylic acids is 1. The first-order chi connectivity index (χ1) is 11.6. The standard InChI is InChI=1S/C17H19N5O2/c18-14(23)5-4-10-2-1-3-11(8-10)22-15-12-6-7-19-16(12)20-9-13(15)21-17(22)24/h4-7,9-11H,1-3,8H2,(H2,18,23)(H,19,20)(H,21,24)/t10-,11-/m0/s1. The summed E-state index contributed by atoms with van der Waals surface area (Å²) in [6.07, 6.45) is 10.6. The van der Waals surface area contributed by atoms with Gasteiger partial charge in [-0.1, -0.05) is 12.5 Å². The van der Waals surface area contributed by atoms with E-state index in [1.807, 2.05) is 22.9 Å². The van der Waals surface area contributed by atoms with Gasteiger partial charge in [0.1, 0.15) is 5.65 Å². The van der Waals surface area contributed by atoms with Crippen molar-refractivity contribution in [1.82, 2.24) is 19.5 Å². The highest BCUT2D eigenvalue weighted by Gasteiger charge is 2.25. The lowest BCUT2D eigenvalue weighted by Gasteiger charge is -2.28. The number of hydrogen-bond acceptors (Lipinski definition) is 3. The molecule has 7 heteroatoms. The highest BCUT2D eigenvalue weighted by Crippen LogP contribution is 2.35. The van der Waals surface area contributed by atoms with E-state index in [0.29, 0.717) is 0 Å². The van der Waals surface area contributed by atoms with Gasteiger partial charge in [0.05, 0.1) is 17.2 Å². The molecular formula is C17H19N5O2. The number of carbonyl (C=O) groups is 1. The Balaban J connectivity index is 1.78. The quantitative estimate of drug-likeness (QED) is 0.640. The Hall–Kier alpha value is -2.83. The number of imidazole rings is 1. The third-order valence-corrected chi connectivity index (χ3v) is 4.84. The van der Waals surface area contributed by atoms with E-state index < -0.39 is 5.91 Å². The molecule has 1 aliphatic rings. The molecule has 7 nitrogen and oxygen atoms in total. The molecule has 124 valence electrons. The van der Waals surface area contributed by atoms with E-state index >= 15 is 0 Å². The molecule has 0 radical (unpaired) electrons. The average molecular weight is 325 g/mol. The summed E-state index contributed by atoms with van der Waals surface area (Å²) >= 11 is 0. The number of amides is 1. The molecule has 2 atom stereocenters. The largest absolute Gasteiger partial charge is 0.366 e. The molecule has 1 fully saturated rings. The lowest BCUT2D eigenvalue weighted by atomic mass is 9.85. The number of hydrogen-bond donors (Lipinski definition) is 3. The van der Waals surface area contributed by atoms with E-state index in [2.05, 4.69) is 15.0 Å². The van der Waals surface area contributed by atoms with Crippen LogP contribution in [0.4, 0.5) is 0 Å². The fraction of sp³-hybridized carbons (Fsp3) is 0.353. The van der Waals surface area contributed by atoms with Crippen LogP contribution in [0, 0.1) is 5.92 Å². The van der Waals surface area contributed by atoms with Crippen LogP contribution in [0.2, 0.25) is 0 Å². The lowest BCUT2D eigenvalue weighted by Crippen LogP contribution is -2.26. The topological polar surface area (TPSA) is 110 Å². The van der Waals surface area contributed by atoms with Crippen LogP contribution in [0.5, 0.6) is 0 Å². The second-order valence-corrected chi connectivity index (χ2v) is 6.40. The predicted molar refractivity (Wildman–Crippen MR) is 91.5 cm³/mol. The second kappa shape index (κ2) is 5.67. The normalized spacial score (nSPS) is 21.8. The zero-order valence-electron chi connectivity index (χ0n) is 13.2. The Labute approximate surface area is 137 Å². The van der Waals surface area contributed by atoms with Crippen molar-refractivity contribution in [3.63, 3.8) is 0 Å². The number of rotatable bonds is 3. The maximum atomic E-state index is 12.6. The van der Waals surface area contributed by atoms with Gasteiger partial charge in [0.25, 0.3) is 0 Å². The number of nitrogens with two attached hydrogens (primary N) is 1. The van der Waals surface area contributed by atoms with Crippen LogP contribution in [0.1, 0.15) is 31.7 Å². The average Bonchev–Trinajstić information content (AvgIpc) is 3.16. The maximum absolute atomic E-state index is 12.6. The summed E-state index contributed by atoms with van der Waals surface area (Å²) in [6, 6.07) is 2.05. The Morgan fingerprint density at radius 1 is 1.42 bits per heavy atom. The van der Waals surface area contributed by atoms with Crippen molar-refractivity contribution in [3.8, 4) is 0 Å². The van der Waals surface area contributed by atoms with Crippen LogP contribution in [0.3, 0.4) is 0 Å². The number of aromatic nitrogens is 4. The summed E-state index contributed by atoms with van der Waals surface area (Å²) in [5, 5.41) is 0.945. The highest BCUT2D eigenvalue weighted by molar-refractivity contribution is 6.00. The molecular weight excluding hydrogens is 306 g/mol. The summed E-state index contributed by atoms with van der Waals surface area (Å²) in [5.74, 6) is -0.168. The third-order valence-electron chi connectivity index (χ3n) is 4.84. The minimum atomic E-state index is -0.429. The summed E-state index contributed by atoms with van der Waals surface area (Å²) in [7, 11) is 0. The molecule has 1 amide bonds. The van der Waals surface area contributed by atoms with E-state index in [1.54, 1.807) is 6.20 Å². The Morgan fingerprint density at radius 2 is 2.29 bits per heavy atom. The number of nitrogens with zero attached hydrogens (tertiary/aromatic N) is 2. The summed E-state index contributed by atoms with van der Waals surface area (Å²) in [5.41, 5.74) is 7.51. The van der Waals surface area contributed by atoms with Crippen LogP contribution in [0.25, 0.3) is 22.1 Å². The first-order valence-electron chi connectivity index (χ1n) is 8.17. The van der Waals surface area contributed by atoms with Crippen molar-refractivity contribution < 1.29 is 4.79 Å². The molecule has 4 rings (SSSR count). The van der Waals surface area contributed by atoms with Crippen molar-refractivity contribution in [3.05, 3.63) is 41.1 Å². The fourth-order valence-electron chi connectivity index (χ4n) is 3.81. The predicted octanol–water partition coefficient (Wildman–Crippen LogP) is 1.98. The van der Waals surface area contributed by atoms with Gasteiger partial charge in [-0.05, 0) is 37.3 Å². The summed E-state index contributed by atoms with van der Waals surface area (Å²) in [4.78, 5) is 33.8. The van der Waals surface area contributed by atoms with Crippen molar-refractivity contribution in [1.29, 1.82) is 0 Å². The minimum Gasteiger partial charge on any atom is -0.366 e. The number of pyridine rings is 1. The van der Waals surface area contributed by atoms with E-state index in [9.17, 15) is 9.59 Å². The third kappa shape index (κ3) is 2.42. The lowest BCUT2D eigenvalue weighted by molar-refractivity contribution is -0.113. The first-order valence-corrected chi connectivity index (χ1v) is 8.17. The highest BCUT2D eigenvalue weighted by atomic mass is 16.1. The molecule has 1 aliphatic carbocycles. The first kappa shape index (κ1) is 14.7. The minimum absolute atomic E-state index is 0.100. The van der Waals surface area contributed by atoms with Crippen LogP contribution in [-0.4, -0.2) is 25.4 Å². The number of primary amides is 1. The SMILES string of the molecule is NC(=O)C=C[C@@H]1CCC[C@H](n2c(=O)[nH]c3cnc4[nH]ccc4c32)C1. The maximum Gasteiger partial charge on any atom is 0.326 e. The van der Waals surface area contributed by atoms with Gasteiger partial charge in [-0.25, -0.2) is 9.78 Å². The van der Waals surface area contributed by atoms with Crippen molar-refractivity contribution in [2.45, 2.75) is 31.7 Å². The van der Waals surface area contributed by atoms with E-state index in [1.165, 1.54) is 6.08 Å². The smallest absolute Gasteiger partial charge is 0.326 e. The van der Waals surface area contributed by atoms with Gasteiger partial charge in [0.15, 0.2) is 0 Å². The van der Waals surface area contributed by atoms with Crippen LogP contribution in [-0.2, 0) is 4.79 Å². The second-order valence-electron chi connectivity index (χ2n) is 6.40. The Morgan fingerprint density at radius 3 is 3.12 bits per heavy atom. The summed E-state index contributed by atoms with van der Waals surface area (Å²) in [6.45, 7) is 0. The van der Waals surface area contributed by atoms with E-state index in [4.69, 9.17) is 5.73 Å². The van der Waals surface area contributed by atoms with Gasteiger partial charge >= 0.3 is 5.69 Å². The van der Waals surface area contributed by atoms with Gasteiger partial charge in [-0.2, -0.15) is 0 Å². The molecule has 0 aliphatic heterocycles. The van der Waals surface area contributed by atoms with E-state index in [-0.39, 0.29) is 17.6 Å². The zero-order valence-corrected chi connectivity index (χ0v) is 13.2. The van der Waals surface area contributed by atoms with Crippen molar-refractivity contribution >= 4 is 28.0 Å². The number of nitrogens with one attached hydrogen (secondary N) is 2. The van der Waals surface area contributed by atoms with Gasteiger partial charge in [0, 0.05) is 17.6 Å². The molecule has 3 aromatic rings. The molecule has 0 saturated heterocycles. The molecule has 0 bridgehead atoms. The Bertz CT molecular complexity index is 993. The Kier molecular flexibility index (Phi) is 3.48. The monoisotopic (exact) mass is 325 g/mol. The van der Waals surface area contributed by atoms with Crippen molar-refractivity contribution in [2.75, 3.05) is 0 Å². The van der Waals surface area contributed by atoms with Crippen LogP contribution in [0.15, 0.2) is 35.4 Å². The molecule has 0 spiro atoms. The molecule has 1 saturated carbocycles. The van der Waals surface area contributed by atoms with Crippen LogP contribution >= 0.6 is 0 Å². The molecule has 0 unspecified atom stereocenters. The molecule has 3 aromatic heterocycles. The fourth-order valence-corrected chi connectivity index (χ4v) is 3.81. The summed E-state index contributed by atoms with van der Waals surface area (Å²) < 4.78 is 1.86. The van der Waals surface area contributed by atoms with Gasteiger partial charge in [-0.3, -0.25) is 9.36 Å². The molecule has 0 aromatic carbocycles. The number of fused-ring (bicyclic) bond motifs is 3. The van der Waals surface area contributed by atoms with Gasteiger partial charge in [-0.15, -0.1) is 0 Å². The van der Waals surface area contributed by atoms with Gasteiger partial charge < -0.3 is 15.7 Å². The van der Waals surface area contributed by atoms with Gasteiger partial charge in [0.2, 0.25) is 5.91 Å². The van der Waals surface area contributed by atoms with E-state index in [0.717, 1.165) is 47.8 Å². The number of H-pyrrole nitrogens is 2. The number of aromatic amines is 2. The van der Waals surface area contributed by atoms with Crippen LogP contribution < -0.4 is 11.4 Å².